The Morgan fingerprint density at radius 1 is 1.21 bits per heavy atom. The van der Waals surface area contributed by atoms with Crippen LogP contribution >= 0.6 is 0 Å². The normalized spacial score (nSPS) is 18.5. The number of nitrogens with one attached hydrogen (secondary N) is 1. The number of carbonyl (C=O) groups excluding carboxylic acids is 1. The van der Waals surface area contributed by atoms with Gasteiger partial charge in [0.2, 0.25) is 0 Å². The van der Waals surface area contributed by atoms with Crippen LogP contribution in [-0.4, -0.2) is 17.9 Å². The van der Waals surface area contributed by atoms with Gasteiger partial charge in [0.05, 0.1) is 18.8 Å². The molecule has 5 heteroatoms. The molecule has 0 fully saturated rings. The van der Waals surface area contributed by atoms with Gasteiger partial charge in [-0.25, -0.2) is 4.39 Å². The van der Waals surface area contributed by atoms with Crippen molar-refractivity contribution in [2.45, 2.75) is 32.7 Å². The van der Waals surface area contributed by atoms with Gasteiger partial charge in [0.25, 0.3) is 0 Å². The highest BCUT2D eigenvalue weighted by atomic mass is 19.1. The average Bonchev–Trinajstić information content (AvgIpc) is 3.07. The number of fused-ring (bicyclic) bond motifs is 2. The lowest BCUT2D eigenvalue weighted by Crippen LogP contribution is -2.33. The highest BCUT2D eigenvalue weighted by molar-refractivity contribution is 5.88. The van der Waals surface area contributed by atoms with E-state index in [-0.39, 0.29) is 17.6 Å². The van der Waals surface area contributed by atoms with Crippen LogP contribution < -0.4 is 10.2 Å². The van der Waals surface area contributed by atoms with E-state index in [0.29, 0.717) is 0 Å². The zero-order valence-corrected chi connectivity index (χ0v) is 16.3. The first-order chi connectivity index (χ1) is 13.5. The summed E-state index contributed by atoms with van der Waals surface area (Å²) in [5.74, 6) is 0.507. The maximum absolute atomic E-state index is 14.0. The number of halogens is 1. The molecule has 1 aliphatic heterocycles. The van der Waals surface area contributed by atoms with E-state index in [1.54, 1.807) is 25.3 Å². The highest BCUT2D eigenvalue weighted by Crippen LogP contribution is 2.46. The van der Waals surface area contributed by atoms with Gasteiger partial charge in [-0.05, 0) is 67.7 Å². The lowest BCUT2D eigenvalue weighted by atomic mass is 9.85. The fraction of sp³-hybridized carbons (Fsp3) is 0.261. The SMILES string of the molecule is COc1ccc2c(c1)C1=C(CC2)[C@H](c2cccc(F)c2)N(C(C)=CC(C)=O)N1. The van der Waals surface area contributed by atoms with Gasteiger partial charge in [-0.2, -0.15) is 0 Å². The van der Waals surface area contributed by atoms with E-state index in [1.165, 1.54) is 24.1 Å². The smallest absolute Gasteiger partial charge is 0.154 e. The molecule has 2 aliphatic rings. The Labute approximate surface area is 164 Å². The minimum atomic E-state index is -0.266. The summed E-state index contributed by atoms with van der Waals surface area (Å²) in [6.07, 6.45) is 3.38. The third-order valence-corrected chi connectivity index (χ3v) is 5.35. The monoisotopic (exact) mass is 378 g/mol. The third kappa shape index (κ3) is 3.17. The van der Waals surface area contributed by atoms with Crippen LogP contribution in [0.1, 0.15) is 43.0 Å². The van der Waals surface area contributed by atoms with Gasteiger partial charge in [-0.15, -0.1) is 0 Å². The summed E-state index contributed by atoms with van der Waals surface area (Å²) < 4.78 is 19.4. The molecule has 0 bridgehead atoms. The maximum Gasteiger partial charge on any atom is 0.154 e. The number of ketones is 1. The largest absolute Gasteiger partial charge is 0.497 e. The first-order valence-electron chi connectivity index (χ1n) is 9.38. The van der Waals surface area contributed by atoms with Crippen LogP contribution in [0.3, 0.4) is 0 Å². The van der Waals surface area contributed by atoms with Crippen LogP contribution in [0.5, 0.6) is 5.75 Å². The first-order valence-corrected chi connectivity index (χ1v) is 9.38. The van der Waals surface area contributed by atoms with Crippen molar-refractivity contribution in [3.05, 3.63) is 82.3 Å². The predicted octanol–water partition coefficient (Wildman–Crippen LogP) is 4.55. The number of ether oxygens (including phenoxy) is 1. The summed E-state index contributed by atoms with van der Waals surface area (Å²) in [5, 5.41) is 1.97. The molecule has 0 aromatic heterocycles. The summed E-state index contributed by atoms with van der Waals surface area (Å²) >= 11 is 0. The van der Waals surface area contributed by atoms with Gasteiger partial charge < -0.3 is 4.74 Å². The molecule has 0 spiro atoms. The number of methoxy groups -OCH3 is 1. The number of hydrogen-bond donors (Lipinski definition) is 1. The maximum atomic E-state index is 14.0. The van der Waals surface area contributed by atoms with E-state index in [4.69, 9.17) is 4.74 Å². The molecule has 1 N–H and O–H groups in total. The van der Waals surface area contributed by atoms with Gasteiger partial charge in [-0.1, -0.05) is 18.2 Å². The standard InChI is InChI=1S/C23H23FN2O2/c1-14(11-15(2)27)26-23(17-5-4-6-18(24)12-17)20-10-8-16-7-9-19(28-3)13-21(16)22(20)25-26/h4-7,9,11-13,23,25H,8,10H2,1-3H3/t23-/m0/s1. The molecule has 4 rings (SSSR count). The van der Waals surface area contributed by atoms with Crippen molar-refractivity contribution in [3.63, 3.8) is 0 Å². The van der Waals surface area contributed by atoms with Crippen LogP contribution in [0.25, 0.3) is 5.70 Å². The topological polar surface area (TPSA) is 41.6 Å². The number of hydrogen-bond acceptors (Lipinski definition) is 4. The Hall–Kier alpha value is -3.08. The molecule has 2 aromatic rings. The number of benzene rings is 2. The van der Waals surface area contributed by atoms with Crippen LogP contribution in [0.15, 0.2) is 59.8 Å². The molecule has 1 heterocycles. The molecular weight excluding hydrogens is 355 g/mol. The second-order valence-corrected chi connectivity index (χ2v) is 7.26. The van der Waals surface area contributed by atoms with Crippen molar-refractivity contribution in [2.24, 2.45) is 0 Å². The summed E-state index contributed by atoms with van der Waals surface area (Å²) in [6.45, 7) is 3.43. The lowest BCUT2D eigenvalue weighted by molar-refractivity contribution is -0.112. The Morgan fingerprint density at radius 3 is 2.75 bits per heavy atom. The molecule has 0 saturated heterocycles. The van der Waals surface area contributed by atoms with Crippen molar-refractivity contribution in [2.75, 3.05) is 7.11 Å². The zero-order chi connectivity index (χ0) is 19.8. The molecule has 4 nitrogen and oxygen atoms in total. The highest BCUT2D eigenvalue weighted by Gasteiger charge is 2.37. The van der Waals surface area contributed by atoms with Crippen molar-refractivity contribution in [3.8, 4) is 5.75 Å². The molecular formula is C23H23FN2O2. The second-order valence-electron chi connectivity index (χ2n) is 7.26. The molecule has 2 aromatic carbocycles. The van der Waals surface area contributed by atoms with Crippen molar-refractivity contribution < 1.29 is 13.9 Å². The molecule has 1 atom stereocenters. The number of carbonyl (C=O) groups is 1. The summed E-state index contributed by atoms with van der Waals surface area (Å²) in [7, 11) is 1.66. The van der Waals surface area contributed by atoms with E-state index in [2.05, 4.69) is 11.5 Å². The Bertz CT molecular complexity index is 1010. The van der Waals surface area contributed by atoms with Gasteiger partial charge in [0.15, 0.2) is 5.78 Å². The average molecular weight is 378 g/mol. The molecule has 1 aliphatic carbocycles. The van der Waals surface area contributed by atoms with Crippen LogP contribution in [0.4, 0.5) is 4.39 Å². The van der Waals surface area contributed by atoms with Crippen molar-refractivity contribution in [1.82, 2.24) is 10.4 Å². The minimum absolute atomic E-state index is 0.0239. The van der Waals surface area contributed by atoms with Crippen molar-refractivity contribution >= 4 is 11.5 Å². The zero-order valence-electron chi connectivity index (χ0n) is 16.3. The van der Waals surface area contributed by atoms with Gasteiger partial charge in [-0.3, -0.25) is 15.2 Å². The van der Waals surface area contributed by atoms with Gasteiger partial charge >= 0.3 is 0 Å². The molecule has 144 valence electrons. The van der Waals surface area contributed by atoms with Gasteiger partial charge in [0.1, 0.15) is 11.6 Å². The quantitative estimate of drug-likeness (QED) is 0.793. The number of hydrazine groups is 1. The fourth-order valence-corrected chi connectivity index (χ4v) is 4.13. The molecule has 0 amide bonds. The second kappa shape index (κ2) is 7.15. The number of nitrogens with zero attached hydrogens (tertiary/aromatic N) is 1. The third-order valence-electron chi connectivity index (χ3n) is 5.35. The number of aryl methyl sites for hydroxylation is 1. The Balaban J connectivity index is 1.86. The molecule has 0 saturated carbocycles. The fourth-order valence-electron chi connectivity index (χ4n) is 4.13. The van der Waals surface area contributed by atoms with Crippen molar-refractivity contribution in [1.29, 1.82) is 0 Å². The Kier molecular flexibility index (Phi) is 4.67. The van der Waals surface area contributed by atoms with Crippen LogP contribution in [0.2, 0.25) is 0 Å². The Morgan fingerprint density at radius 2 is 2.04 bits per heavy atom. The summed E-state index contributed by atoms with van der Waals surface area (Å²) in [4.78, 5) is 11.7. The van der Waals surface area contributed by atoms with Gasteiger partial charge in [0, 0.05) is 17.3 Å². The lowest BCUT2D eigenvalue weighted by Gasteiger charge is -2.29. The molecule has 0 radical (unpaired) electrons. The summed E-state index contributed by atoms with van der Waals surface area (Å²) in [6, 6.07) is 12.6. The van der Waals surface area contributed by atoms with E-state index in [1.807, 2.05) is 30.1 Å². The number of rotatable bonds is 4. The predicted molar refractivity (Wildman–Crippen MR) is 107 cm³/mol. The summed E-state index contributed by atoms with van der Waals surface area (Å²) in [5.41, 5.74) is 9.71. The molecule has 0 unspecified atom stereocenters. The van der Waals surface area contributed by atoms with Crippen LogP contribution in [0, 0.1) is 5.82 Å². The van der Waals surface area contributed by atoms with E-state index < -0.39 is 0 Å². The van der Waals surface area contributed by atoms with E-state index in [9.17, 15) is 9.18 Å². The van der Waals surface area contributed by atoms with E-state index >= 15 is 0 Å². The van der Waals surface area contributed by atoms with Crippen LogP contribution in [-0.2, 0) is 11.2 Å². The molecule has 28 heavy (non-hydrogen) atoms. The number of allylic oxidation sites excluding steroid dienone is 2. The van der Waals surface area contributed by atoms with E-state index in [0.717, 1.165) is 41.1 Å². The minimum Gasteiger partial charge on any atom is -0.497 e. The first kappa shape index (κ1) is 18.3.